The second-order valence-electron chi connectivity index (χ2n) is 4.61. The van der Waals surface area contributed by atoms with Crippen LogP contribution in [0.4, 0.5) is 0 Å². The van der Waals surface area contributed by atoms with Crippen molar-refractivity contribution in [3.63, 3.8) is 0 Å². The van der Waals surface area contributed by atoms with E-state index in [1.54, 1.807) is 11.8 Å². The highest BCUT2D eigenvalue weighted by atomic mass is 79.9. The molecule has 108 valence electrons. The topological polar surface area (TPSA) is 57.6 Å². The third-order valence-corrected chi connectivity index (χ3v) is 5.30. The summed E-state index contributed by atoms with van der Waals surface area (Å²) in [6.45, 7) is 0.565. The molecule has 2 rings (SSSR count). The van der Waals surface area contributed by atoms with Crippen LogP contribution >= 0.6 is 27.7 Å². The molecule has 1 aliphatic rings. The van der Waals surface area contributed by atoms with E-state index < -0.39 is 12.0 Å². The third-order valence-electron chi connectivity index (χ3n) is 3.27. The Bertz CT molecular complexity index is 509. The van der Waals surface area contributed by atoms with Crippen molar-refractivity contribution in [1.29, 1.82) is 0 Å². The Morgan fingerprint density at radius 1 is 1.40 bits per heavy atom. The minimum Gasteiger partial charge on any atom is -0.480 e. The summed E-state index contributed by atoms with van der Waals surface area (Å²) in [4.78, 5) is 25.7. The molecule has 1 heterocycles. The Balaban J connectivity index is 1.84. The first-order chi connectivity index (χ1) is 9.59. The molecule has 6 heteroatoms. The van der Waals surface area contributed by atoms with Crippen molar-refractivity contribution in [2.75, 3.05) is 12.3 Å². The summed E-state index contributed by atoms with van der Waals surface area (Å²) >= 11 is 5.07. The highest BCUT2D eigenvalue weighted by molar-refractivity contribution is 9.10. The number of carbonyl (C=O) groups excluding carboxylic acids is 1. The SMILES string of the molecule is O=C(O)[C@@H]1CCCN1C(=O)CCSc1ccccc1Br. The minimum atomic E-state index is -0.894. The summed E-state index contributed by atoms with van der Waals surface area (Å²) in [7, 11) is 0. The first-order valence-corrected chi connectivity index (χ1v) is 8.27. The number of nitrogens with zero attached hydrogens (tertiary/aromatic N) is 1. The zero-order chi connectivity index (χ0) is 14.5. The highest BCUT2D eigenvalue weighted by Crippen LogP contribution is 2.28. The van der Waals surface area contributed by atoms with Crippen LogP contribution in [-0.4, -0.2) is 40.2 Å². The summed E-state index contributed by atoms with van der Waals surface area (Å²) < 4.78 is 1.02. The van der Waals surface area contributed by atoms with E-state index >= 15 is 0 Å². The van der Waals surface area contributed by atoms with Gasteiger partial charge in [-0.05, 0) is 40.9 Å². The predicted molar refractivity (Wildman–Crippen MR) is 81.9 cm³/mol. The van der Waals surface area contributed by atoms with Crippen LogP contribution in [-0.2, 0) is 9.59 Å². The van der Waals surface area contributed by atoms with Crippen LogP contribution in [0.15, 0.2) is 33.6 Å². The van der Waals surface area contributed by atoms with Crippen molar-refractivity contribution < 1.29 is 14.7 Å². The van der Waals surface area contributed by atoms with Gasteiger partial charge in [0, 0.05) is 28.1 Å². The lowest BCUT2D eigenvalue weighted by molar-refractivity contribution is -0.148. The number of carbonyl (C=O) groups is 2. The second kappa shape index (κ2) is 7.13. The van der Waals surface area contributed by atoms with Crippen molar-refractivity contribution in [3.05, 3.63) is 28.7 Å². The molecule has 1 N–H and O–H groups in total. The fourth-order valence-corrected chi connectivity index (χ4v) is 3.78. The Morgan fingerprint density at radius 3 is 2.85 bits per heavy atom. The first kappa shape index (κ1) is 15.4. The molecular weight excluding hydrogens is 342 g/mol. The Morgan fingerprint density at radius 2 is 2.15 bits per heavy atom. The summed E-state index contributed by atoms with van der Waals surface area (Å²) in [5.41, 5.74) is 0. The van der Waals surface area contributed by atoms with E-state index in [1.165, 1.54) is 4.90 Å². The number of carboxylic acids is 1. The number of amides is 1. The maximum absolute atomic E-state index is 12.1. The molecule has 1 amide bonds. The van der Waals surface area contributed by atoms with Crippen LogP contribution < -0.4 is 0 Å². The van der Waals surface area contributed by atoms with Crippen LogP contribution in [0.2, 0.25) is 0 Å². The van der Waals surface area contributed by atoms with Crippen molar-refractivity contribution in [2.45, 2.75) is 30.2 Å². The summed E-state index contributed by atoms with van der Waals surface area (Å²) in [5.74, 6) is -0.298. The number of halogens is 1. The average molecular weight is 358 g/mol. The molecule has 1 aromatic rings. The van der Waals surface area contributed by atoms with Crippen molar-refractivity contribution in [3.8, 4) is 0 Å². The Kier molecular flexibility index (Phi) is 5.48. The van der Waals surface area contributed by atoms with E-state index in [2.05, 4.69) is 15.9 Å². The van der Waals surface area contributed by atoms with E-state index in [1.807, 2.05) is 24.3 Å². The number of rotatable bonds is 5. The molecule has 1 aliphatic heterocycles. The predicted octanol–water partition coefficient (Wildman–Crippen LogP) is 3.01. The summed E-state index contributed by atoms with van der Waals surface area (Å²) in [5, 5.41) is 9.07. The number of likely N-dealkylation sites (tertiary alicyclic amines) is 1. The smallest absolute Gasteiger partial charge is 0.326 e. The second-order valence-corrected chi connectivity index (χ2v) is 6.60. The molecule has 1 saturated heterocycles. The van der Waals surface area contributed by atoms with E-state index in [0.717, 1.165) is 15.8 Å². The maximum atomic E-state index is 12.1. The third kappa shape index (κ3) is 3.76. The van der Waals surface area contributed by atoms with Gasteiger partial charge in [-0.2, -0.15) is 0 Å². The van der Waals surface area contributed by atoms with Gasteiger partial charge in [-0.25, -0.2) is 4.79 Å². The lowest BCUT2D eigenvalue weighted by Gasteiger charge is -2.21. The lowest BCUT2D eigenvalue weighted by atomic mass is 10.2. The molecule has 1 aromatic carbocycles. The van der Waals surface area contributed by atoms with Crippen LogP contribution in [0, 0.1) is 0 Å². The highest BCUT2D eigenvalue weighted by Gasteiger charge is 2.33. The minimum absolute atomic E-state index is 0.0607. The Labute approximate surface area is 130 Å². The summed E-state index contributed by atoms with van der Waals surface area (Å²) in [6, 6.07) is 7.23. The molecule has 0 bridgehead atoms. The van der Waals surface area contributed by atoms with Gasteiger partial charge in [0.15, 0.2) is 0 Å². The molecule has 1 fully saturated rings. The van der Waals surface area contributed by atoms with E-state index in [-0.39, 0.29) is 5.91 Å². The van der Waals surface area contributed by atoms with Crippen molar-refractivity contribution in [2.24, 2.45) is 0 Å². The molecule has 1 atom stereocenters. The van der Waals surface area contributed by atoms with Gasteiger partial charge in [-0.1, -0.05) is 12.1 Å². The summed E-state index contributed by atoms with van der Waals surface area (Å²) in [6.07, 6.45) is 1.72. The van der Waals surface area contributed by atoms with E-state index in [9.17, 15) is 9.59 Å². The van der Waals surface area contributed by atoms with Gasteiger partial charge in [0.25, 0.3) is 0 Å². The average Bonchev–Trinajstić information content (AvgIpc) is 2.90. The molecule has 20 heavy (non-hydrogen) atoms. The fourth-order valence-electron chi connectivity index (χ4n) is 2.28. The molecule has 0 aliphatic carbocycles. The van der Waals surface area contributed by atoms with E-state index in [0.29, 0.717) is 25.1 Å². The van der Waals surface area contributed by atoms with Crippen LogP contribution in [0.5, 0.6) is 0 Å². The standard InChI is InChI=1S/C14H16BrNO3S/c15-10-4-1-2-6-12(10)20-9-7-13(17)16-8-3-5-11(16)14(18)19/h1-2,4,6,11H,3,5,7-9H2,(H,18,19)/t11-/m0/s1. The molecule has 0 aromatic heterocycles. The van der Waals surface area contributed by atoms with Crippen molar-refractivity contribution >= 4 is 39.6 Å². The van der Waals surface area contributed by atoms with E-state index in [4.69, 9.17) is 5.11 Å². The number of benzene rings is 1. The van der Waals surface area contributed by atoms with Gasteiger partial charge in [0.2, 0.25) is 5.91 Å². The zero-order valence-corrected chi connectivity index (χ0v) is 13.3. The van der Waals surface area contributed by atoms with Crippen LogP contribution in [0.25, 0.3) is 0 Å². The van der Waals surface area contributed by atoms with Crippen LogP contribution in [0.3, 0.4) is 0 Å². The van der Waals surface area contributed by atoms with Crippen molar-refractivity contribution in [1.82, 2.24) is 4.90 Å². The number of thioether (sulfide) groups is 1. The monoisotopic (exact) mass is 357 g/mol. The lowest BCUT2D eigenvalue weighted by Crippen LogP contribution is -2.40. The molecule has 0 saturated carbocycles. The van der Waals surface area contributed by atoms with Gasteiger partial charge in [-0.15, -0.1) is 11.8 Å². The Hall–Kier alpha value is -1.01. The largest absolute Gasteiger partial charge is 0.480 e. The molecule has 0 unspecified atom stereocenters. The molecular formula is C14H16BrNO3S. The molecule has 0 spiro atoms. The fraction of sp³-hybridized carbons (Fsp3) is 0.429. The number of aliphatic carboxylic acids is 1. The zero-order valence-electron chi connectivity index (χ0n) is 10.9. The maximum Gasteiger partial charge on any atom is 0.326 e. The molecule has 0 radical (unpaired) electrons. The first-order valence-electron chi connectivity index (χ1n) is 6.49. The number of hydrogen-bond acceptors (Lipinski definition) is 3. The van der Waals surface area contributed by atoms with Crippen LogP contribution in [0.1, 0.15) is 19.3 Å². The molecule has 4 nitrogen and oxygen atoms in total. The van der Waals surface area contributed by atoms with Gasteiger partial charge in [0.05, 0.1) is 0 Å². The van der Waals surface area contributed by atoms with Gasteiger partial charge < -0.3 is 10.0 Å². The normalized spacial score (nSPS) is 18.2. The van der Waals surface area contributed by atoms with Gasteiger partial charge in [0.1, 0.15) is 6.04 Å². The number of hydrogen-bond donors (Lipinski definition) is 1. The van der Waals surface area contributed by atoms with Gasteiger partial charge >= 0.3 is 5.97 Å². The quantitative estimate of drug-likeness (QED) is 0.823. The number of carboxylic acid groups (broad SMARTS) is 1. The van der Waals surface area contributed by atoms with Gasteiger partial charge in [-0.3, -0.25) is 4.79 Å².